The van der Waals surface area contributed by atoms with Crippen molar-refractivity contribution in [1.82, 2.24) is 9.88 Å². The van der Waals surface area contributed by atoms with Gasteiger partial charge >= 0.3 is 5.97 Å². The van der Waals surface area contributed by atoms with Crippen molar-refractivity contribution in [2.75, 3.05) is 20.7 Å². The quantitative estimate of drug-likeness (QED) is 0.704. The van der Waals surface area contributed by atoms with Crippen molar-refractivity contribution >= 4 is 5.97 Å². The number of aryl methyl sites for hydroxylation is 1. The molecule has 4 heteroatoms. The molecule has 0 radical (unpaired) electrons. The lowest BCUT2D eigenvalue weighted by atomic mass is 10.1. The van der Waals surface area contributed by atoms with Gasteiger partial charge in [-0.05, 0) is 39.1 Å². The van der Waals surface area contributed by atoms with E-state index >= 15 is 0 Å². The molecule has 0 amide bonds. The molecule has 0 aliphatic rings. The fourth-order valence-electron chi connectivity index (χ4n) is 1.50. The summed E-state index contributed by atoms with van der Waals surface area (Å²) in [6.07, 6.45) is 2.94. The van der Waals surface area contributed by atoms with Crippen LogP contribution in [0.1, 0.15) is 24.6 Å². The summed E-state index contributed by atoms with van der Waals surface area (Å²) in [5.41, 5.74) is 2.11. The zero-order chi connectivity index (χ0) is 12.7. The Morgan fingerprint density at radius 2 is 2.18 bits per heavy atom. The molecule has 0 aliphatic heterocycles. The second-order valence-corrected chi connectivity index (χ2v) is 4.20. The smallest absolute Gasteiger partial charge is 0.306 e. The maximum Gasteiger partial charge on any atom is 0.306 e. The van der Waals surface area contributed by atoms with E-state index in [0.717, 1.165) is 17.8 Å². The molecule has 1 aromatic heterocycles. The Hall–Kier alpha value is -1.42. The Kier molecular flexibility index (Phi) is 5.63. The number of pyridine rings is 1. The van der Waals surface area contributed by atoms with Crippen LogP contribution in [-0.4, -0.2) is 36.6 Å². The van der Waals surface area contributed by atoms with Gasteiger partial charge in [0, 0.05) is 19.2 Å². The van der Waals surface area contributed by atoms with Crippen LogP contribution >= 0.6 is 0 Å². The van der Waals surface area contributed by atoms with E-state index in [9.17, 15) is 4.79 Å². The predicted octanol–water partition coefficient (Wildman–Crippen LogP) is 1.64. The molecule has 1 heterocycles. The number of hydrogen-bond donors (Lipinski definition) is 0. The van der Waals surface area contributed by atoms with Crippen molar-refractivity contribution in [3.63, 3.8) is 0 Å². The molecule has 4 nitrogen and oxygen atoms in total. The molecule has 17 heavy (non-hydrogen) atoms. The van der Waals surface area contributed by atoms with Crippen molar-refractivity contribution in [3.8, 4) is 0 Å². The lowest BCUT2D eigenvalue weighted by Gasteiger charge is -2.09. The van der Waals surface area contributed by atoms with Gasteiger partial charge in [-0.25, -0.2) is 0 Å². The van der Waals surface area contributed by atoms with Crippen molar-refractivity contribution in [2.45, 2.75) is 26.3 Å². The summed E-state index contributed by atoms with van der Waals surface area (Å²) < 4.78 is 4.87. The fraction of sp³-hybridized carbons (Fsp3) is 0.538. The first-order valence-corrected chi connectivity index (χ1v) is 5.86. The number of carbonyl (C=O) groups is 1. The van der Waals surface area contributed by atoms with Crippen LogP contribution in [0.5, 0.6) is 0 Å². The first kappa shape index (κ1) is 13.6. The SMILES string of the molecule is CCOC(=O)CCc1ccc(CN(C)C)nc1. The second-order valence-electron chi connectivity index (χ2n) is 4.20. The van der Waals surface area contributed by atoms with Crippen LogP contribution in [0, 0.1) is 0 Å². The number of esters is 1. The standard InChI is InChI=1S/C13H20N2O2/c1-4-17-13(16)8-6-11-5-7-12(14-9-11)10-15(2)3/h5,7,9H,4,6,8,10H2,1-3H3. The Bertz CT molecular complexity index is 347. The van der Waals surface area contributed by atoms with Gasteiger partial charge in [-0.2, -0.15) is 0 Å². The monoisotopic (exact) mass is 236 g/mol. The Morgan fingerprint density at radius 3 is 2.71 bits per heavy atom. The van der Waals surface area contributed by atoms with Gasteiger partial charge in [-0.1, -0.05) is 6.07 Å². The largest absolute Gasteiger partial charge is 0.466 e. The third kappa shape index (κ3) is 5.45. The number of aromatic nitrogens is 1. The van der Waals surface area contributed by atoms with Crippen LogP contribution in [0.4, 0.5) is 0 Å². The van der Waals surface area contributed by atoms with E-state index in [1.165, 1.54) is 0 Å². The molecule has 0 bridgehead atoms. The highest BCUT2D eigenvalue weighted by molar-refractivity contribution is 5.69. The number of rotatable bonds is 6. The maximum atomic E-state index is 11.2. The lowest BCUT2D eigenvalue weighted by Crippen LogP contribution is -2.12. The van der Waals surface area contributed by atoms with E-state index in [-0.39, 0.29) is 5.97 Å². The lowest BCUT2D eigenvalue weighted by molar-refractivity contribution is -0.143. The zero-order valence-electron chi connectivity index (χ0n) is 10.8. The summed E-state index contributed by atoms with van der Waals surface area (Å²) in [6.45, 7) is 3.09. The van der Waals surface area contributed by atoms with Gasteiger partial charge in [0.1, 0.15) is 0 Å². The molecule has 0 aromatic carbocycles. The minimum absolute atomic E-state index is 0.148. The van der Waals surface area contributed by atoms with E-state index in [1.807, 2.05) is 39.3 Å². The van der Waals surface area contributed by atoms with Gasteiger partial charge in [-0.3, -0.25) is 9.78 Å². The summed E-state index contributed by atoms with van der Waals surface area (Å²) >= 11 is 0. The zero-order valence-corrected chi connectivity index (χ0v) is 10.8. The molecule has 0 atom stereocenters. The summed E-state index contributed by atoms with van der Waals surface area (Å²) in [5.74, 6) is -0.148. The Balaban J connectivity index is 2.42. The molecule has 1 aromatic rings. The van der Waals surface area contributed by atoms with Gasteiger partial charge in [0.2, 0.25) is 0 Å². The molecule has 0 saturated heterocycles. The molecular weight excluding hydrogens is 216 g/mol. The van der Waals surface area contributed by atoms with Gasteiger partial charge in [0.05, 0.1) is 12.3 Å². The molecule has 1 rings (SSSR count). The molecule has 0 aliphatic carbocycles. The van der Waals surface area contributed by atoms with Crippen molar-refractivity contribution in [2.24, 2.45) is 0 Å². The van der Waals surface area contributed by atoms with Crippen LogP contribution in [0.2, 0.25) is 0 Å². The van der Waals surface area contributed by atoms with E-state index < -0.39 is 0 Å². The highest BCUT2D eigenvalue weighted by atomic mass is 16.5. The van der Waals surface area contributed by atoms with Crippen molar-refractivity contribution in [3.05, 3.63) is 29.6 Å². The van der Waals surface area contributed by atoms with Crippen molar-refractivity contribution in [1.29, 1.82) is 0 Å². The summed E-state index contributed by atoms with van der Waals surface area (Å²) in [6, 6.07) is 4.02. The van der Waals surface area contributed by atoms with E-state index in [1.54, 1.807) is 0 Å². The van der Waals surface area contributed by atoms with E-state index in [2.05, 4.69) is 9.88 Å². The Labute approximate surface area is 103 Å². The molecule has 0 spiro atoms. The maximum absolute atomic E-state index is 11.2. The third-order valence-electron chi connectivity index (χ3n) is 2.29. The molecule has 0 saturated carbocycles. The summed E-state index contributed by atoms with van der Waals surface area (Å²) in [7, 11) is 4.02. The van der Waals surface area contributed by atoms with E-state index in [0.29, 0.717) is 19.4 Å². The van der Waals surface area contributed by atoms with Gasteiger partial charge < -0.3 is 9.64 Å². The molecule has 0 unspecified atom stereocenters. The first-order valence-electron chi connectivity index (χ1n) is 5.86. The van der Waals surface area contributed by atoms with Gasteiger partial charge in [0.15, 0.2) is 0 Å². The number of hydrogen-bond acceptors (Lipinski definition) is 4. The van der Waals surface area contributed by atoms with Gasteiger partial charge in [-0.15, -0.1) is 0 Å². The number of ether oxygens (including phenoxy) is 1. The topological polar surface area (TPSA) is 42.4 Å². The minimum Gasteiger partial charge on any atom is -0.466 e. The van der Waals surface area contributed by atoms with E-state index in [4.69, 9.17) is 4.74 Å². The van der Waals surface area contributed by atoms with Crippen LogP contribution in [0.3, 0.4) is 0 Å². The first-order chi connectivity index (χ1) is 8.11. The minimum atomic E-state index is -0.148. The second kappa shape index (κ2) is 7.01. The van der Waals surface area contributed by atoms with Crippen LogP contribution < -0.4 is 0 Å². The fourth-order valence-corrected chi connectivity index (χ4v) is 1.50. The molecule has 0 N–H and O–H groups in total. The average molecular weight is 236 g/mol. The number of nitrogens with zero attached hydrogens (tertiary/aromatic N) is 2. The third-order valence-corrected chi connectivity index (χ3v) is 2.29. The van der Waals surface area contributed by atoms with Crippen LogP contribution in [0.25, 0.3) is 0 Å². The summed E-state index contributed by atoms with van der Waals surface area (Å²) in [4.78, 5) is 17.6. The van der Waals surface area contributed by atoms with Gasteiger partial charge in [0.25, 0.3) is 0 Å². The molecular formula is C13H20N2O2. The average Bonchev–Trinajstić information content (AvgIpc) is 2.28. The highest BCUT2D eigenvalue weighted by Crippen LogP contribution is 2.05. The highest BCUT2D eigenvalue weighted by Gasteiger charge is 2.03. The normalized spacial score (nSPS) is 10.6. The van der Waals surface area contributed by atoms with Crippen molar-refractivity contribution < 1.29 is 9.53 Å². The van der Waals surface area contributed by atoms with Crippen LogP contribution in [-0.2, 0) is 22.5 Å². The summed E-state index contributed by atoms with van der Waals surface area (Å²) in [5, 5.41) is 0. The molecule has 0 fully saturated rings. The molecule has 94 valence electrons. The number of carbonyl (C=O) groups excluding carboxylic acids is 1. The van der Waals surface area contributed by atoms with Crippen LogP contribution in [0.15, 0.2) is 18.3 Å². The Morgan fingerprint density at radius 1 is 1.41 bits per heavy atom. The predicted molar refractivity (Wildman–Crippen MR) is 66.6 cm³/mol.